The van der Waals surface area contributed by atoms with Gasteiger partial charge in [0.2, 0.25) is 5.91 Å². The molecule has 0 saturated heterocycles. The molecule has 0 aliphatic carbocycles. The normalized spacial score (nSPS) is 11.3. The summed E-state index contributed by atoms with van der Waals surface area (Å²) in [5, 5.41) is 9.05. The van der Waals surface area contributed by atoms with Crippen LogP contribution in [-0.4, -0.2) is 34.5 Å². The van der Waals surface area contributed by atoms with E-state index >= 15 is 0 Å². The van der Waals surface area contributed by atoms with Crippen LogP contribution in [0.1, 0.15) is 32.3 Å². The Kier molecular flexibility index (Phi) is 5.41. The zero-order valence-corrected chi connectivity index (χ0v) is 12.3. The summed E-state index contributed by atoms with van der Waals surface area (Å²) in [5.74, 6) is -3.20. The molecule has 0 spiro atoms. The van der Waals surface area contributed by atoms with Crippen LogP contribution in [0.2, 0.25) is 0 Å². The number of amides is 1. The van der Waals surface area contributed by atoms with Gasteiger partial charge in [0.25, 0.3) is 0 Å². The van der Waals surface area contributed by atoms with E-state index in [4.69, 9.17) is 5.11 Å². The summed E-state index contributed by atoms with van der Waals surface area (Å²) >= 11 is 0. The quantitative estimate of drug-likeness (QED) is 0.878. The third-order valence-corrected chi connectivity index (χ3v) is 3.58. The van der Waals surface area contributed by atoms with Crippen molar-refractivity contribution in [2.24, 2.45) is 0 Å². The van der Waals surface area contributed by atoms with Gasteiger partial charge >= 0.3 is 5.97 Å². The van der Waals surface area contributed by atoms with Crippen molar-refractivity contribution in [2.75, 3.05) is 7.05 Å². The van der Waals surface area contributed by atoms with E-state index in [1.165, 1.54) is 31.9 Å². The molecule has 0 aromatic heterocycles. The summed E-state index contributed by atoms with van der Waals surface area (Å²) in [5.41, 5.74) is -0.680. The van der Waals surface area contributed by atoms with Crippen LogP contribution in [-0.2, 0) is 16.0 Å². The highest BCUT2D eigenvalue weighted by molar-refractivity contribution is 5.86. The van der Waals surface area contributed by atoms with Gasteiger partial charge in [0.1, 0.15) is 5.54 Å². The van der Waals surface area contributed by atoms with Gasteiger partial charge in [-0.2, -0.15) is 0 Å². The Morgan fingerprint density at radius 2 is 1.86 bits per heavy atom. The van der Waals surface area contributed by atoms with Gasteiger partial charge in [0, 0.05) is 13.5 Å². The number of aryl methyl sites for hydroxylation is 1. The lowest BCUT2D eigenvalue weighted by atomic mass is 10.0. The number of aliphatic carboxylic acids is 1. The first-order chi connectivity index (χ1) is 9.66. The molecule has 0 saturated carbocycles. The molecule has 0 bridgehead atoms. The minimum atomic E-state index is -1.28. The van der Waals surface area contributed by atoms with Gasteiger partial charge in [-0.25, -0.2) is 13.6 Å². The van der Waals surface area contributed by atoms with Crippen molar-refractivity contribution in [2.45, 2.75) is 38.6 Å². The summed E-state index contributed by atoms with van der Waals surface area (Å²) in [6, 6.07) is 3.62. The zero-order chi connectivity index (χ0) is 16.2. The molecule has 0 atom stereocenters. The highest BCUT2D eigenvalue weighted by atomic mass is 19.2. The smallest absolute Gasteiger partial charge is 0.329 e. The van der Waals surface area contributed by atoms with E-state index in [2.05, 4.69) is 0 Å². The Balaban J connectivity index is 2.54. The van der Waals surface area contributed by atoms with Gasteiger partial charge < -0.3 is 10.0 Å². The van der Waals surface area contributed by atoms with E-state index in [-0.39, 0.29) is 12.3 Å². The Morgan fingerprint density at radius 3 is 2.38 bits per heavy atom. The van der Waals surface area contributed by atoms with E-state index in [1.54, 1.807) is 0 Å². The first kappa shape index (κ1) is 17.1. The molecule has 1 rings (SSSR count). The third-order valence-electron chi connectivity index (χ3n) is 3.58. The monoisotopic (exact) mass is 299 g/mol. The van der Waals surface area contributed by atoms with Crippen molar-refractivity contribution in [3.05, 3.63) is 35.4 Å². The standard InChI is InChI=1S/C15H19F2NO3/c1-15(2,14(20)21)18(3)13(19)6-4-5-10-7-8-11(16)12(17)9-10/h7-9H,4-6H2,1-3H3,(H,20,21). The number of halogens is 2. The lowest BCUT2D eigenvalue weighted by Gasteiger charge is -2.31. The van der Waals surface area contributed by atoms with Crippen molar-refractivity contribution in [3.63, 3.8) is 0 Å². The van der Waals surface area contributed by atoms with Crippen LogP contribution in [0.15, 0.2) is 18.2 Å². The third kappa shape index (κ3) is 4.24. The average molecular weight is 299 g/mol. The number of hydrogen-bond donors (Lipinski definition) is 1. The molecular weight excluding hydrogens is 280 g/mol. The minimum absolute atomic E-state index is 0.145. The molecule has 0 unspecified atom stereocenters. The summed E-state index contributed by atoms with van der Waals surface area (Å²) in [7, 11) is 1.44. The number of likely N-dealkylation sites (N-methyl/N-ethyl adjacent to an activating group) is 1. The molecule has 21 heavy (non-hydrogen) atoms. The van der Waals surface area contributed by atoms with Gasteiger partial charge in [0.05, 0.1) is 0 Å². The molecule has 0 heterocycles. The number of benzene rings is 1. The topological polar surface area (TPSA) is 57.6 Å². The molecule has 6 heteroatoms. The molecule has 0 radical (unpaired) electrons. The van der Waals surface area contributed by atoms with Crippen LogP contribution >= 0.6 is 0 Å². The number of hydrogen-bond acceptors (Lipinski definition) is 2. The average Bonchev–Trinajstić information content (AvgIpc) is 2.41. The van der Waals surface area contributed by atoms with Crippen molar-refractivity contribution in [1.29, 1.82) is 0 Å². The van der Waals surface area contributed by atoms with Crippen molar-refractivity contribution < 1.29 is 23.5 Å². The Morgan fingerprint density at radius 1 is 1.24 bits per heavy atom. The maximum Gasteiger partial charge on any atom is 0.329 e. The Labute approximate surface area is 122 Å². The molecule has 0 aliphatic heterocycles. The fourth-order valence-electron chi connectivity index (χ4n) is 1.76. The molecule has 1 aromatic carbocycles. The molecule has 1 N–H and O–H groups in total. The van der Waals surface area contributed by atoms with Crippen LogP contribution in [0.3, 0.4) is 0 Å². The number of carbonyl (C=O) groups excluding carboxylic acids is 1. The second-order valence-electron chi connectivity index (χ2n) is 5.42. The maximum absolute atomic E-state index is 13.0. The first-order valence-corrected chi connectivity index (χ1v) is 6.60. The fourth-order valence-corrected chi connectivity index (χ4v) is 1.76. The molecule has 0 fully saturated rings. The lowest BCUT2D eigenvalue weighted by molar-refractivity contribution is -0.155. The SMILES string of the molecule is CN(C(=O)CCCc1ccc(F)c(F)c1)C(C)(C)C(=O)O. The van der Waals surface area contributed by atoms with E-state index in [0.29, 0.717) is 18.4 Å². The van der Waals surface area contributed by atoms with Crippen LogP contribution < -0.4 is 0 Å². The summed E-state index contributed by atoms with van der Waals surface area (Å²) in [6.07, 6.45) is 1.00. The highest BCUT2D eigenvalue weighted by Gasteiger charge is 2.34. The number of carboxylic acid groups (broad SMARTS) is 1. The number of carboxylic acids is 1. The second kappa shape index (κ2) is 6.65. The molecule has 0 aliphatic rings. The predicted octanol–water partition coefficient (Wildman–Crippen LogP) is 2.61. The maximum atomic E-state index is 13.0. The first-order valence-electron chi connectivity index (χ1n) is 6.60. The van der Waals surface area contributed by atoms with E-state index in [1.807, 2.05) is 0 Å². The van der Waals surface area contributed by atoms with Gasteiger partial charge in [-0.3, -0.25) is 4.79 Å². The largest absolute Gasteiger partial charge is 0.480 e. The van der Waals surface area contributed by atoms with Crippen LogP contribution in [0.25, 0.3) is 0 Å². The summed E-state index contributed by atoms with van der Waals surface area (Å²) < 4.78 is 25.8. The van der Waals surface area contributed by atoms with Crippen LogP contribution in [0.5, 0.6) is 0 Å². The molecular formula is C15H19F2NO3. The van der Waals surface area contributed by atoms with Crippen molar-refractivity contribution in [1.82, 2.24) is 4.90 Å². The van der Waals surface area contributed by atoms with Gasteiger partial charge in [0.15, 0.2) is 11.6 Å². The van der Waals surface area contributed by atoms with E-state index in [9.17, 15) is 18.4 Å². The summed E-state index contributed by atoms with van der Waals surface area (Å²) in [4.78, 5) is 24.2. The van der Waals surface area contributed by atoms with Crippen molar-refractivity contribution in [3.8, 4) is 0 Å². The van der Waals surface area contributed by atoms with E-state index < -0.39 is 23.1 Å². The van der Waals surface area contributed by atoms with Crippen molar-refractivity contribution >= 4 is 11.9 Å². The Hall–Kier alpha value is -1.98. The molecule has 116 valence electrons. The lowest BCUT2D eigenvalue weighted by Crippen LogP contribution is -2.50. The van der Waals surface area contributed by atoms with Gasteiger partial charge in [-0.15, -0.1) is 0 Å². The zero-order valence-electron chi connectivity index (χ0n) is 12.3. The highest BCUT2D eigenvalue weighted by Crippen LogP contribution is 2.16. The van der Waals surface area contributed by atoms with Crippen LogP contribution in [0, 0.1) is 11.6 Å². The molecule has 4 nitrogen and oxygen atoms in total. The van der Waals surface area contributed by atoms with Crippen LogP contribution in [0.4, 0.5) is 8.78 Å². The van der Waals surface area contributed by atoms with Gasteiger partial charge in [-0.05, 0) is 44.4 Å². The molecule has 1 aromatic rings. The summed E-state index contributed by atoms with van der Waals surface area (Å²) in [6.45, 7) is 2.89. The predicted molar refractivity (Wildman–Crippen MR) is 73.8 cm³/mol. The number of rotatable bonds is 6. The number of carbonyl (C=O) groups is 2. The van der Waals surface area contributed by atoms with Gasteiger partial charge in [-0.1, -0.05) is 6.07 Å². The second-order valence-corrected chi connectivity index (χ2v) is 5.42. The van der Waals surface area contributed by atoms with E-state index in [0.717, 1.165) is 12.1 Å². The number of nitrogens with zero attached hydrogens (tertiary/aromatic N) is 1. The molecule has 1 amide bonds. The Bertz CT molecular complexity index is 544. The minimum Gasteiger partial charge on any atom is -0.480 e. The fraction of sp³-hybridized carbons (Fsp3) is 0.467.